The molecule has 1 amide bonds. The van der Waals surface area contributed by atoms with Gasteiger partial charge in [-0.3, -0.25) is 19.2 Å². The molecule has 0 fully saturated rings. The molecule has 0 aliphatic rings. The lowest BCUT2D eigenvalue weighted by molar-refractivity contribution is -0.384. The predicted octanol–water partition coefficient (Wildman–Crippen LogP) is 5.83. The zero-order valence-electron chi connectivity index (χ0n) is 21.2. The minimum absolute atomic E-state index is 0.00358. The summed E-state index contributed by atoms with van der Waals surface area (Å²) in [5, 5.41) is 15.1. The van der Waals surface area contributed by atoms with Crippen molar-refractivity contribution < 1.29 is 22.9 Å². The van der Waals surface area contributed by atoms with Crippen molar-refractivity contribution in [3.8, 4) is 5.75 Å². The molecule has 13 heteroatoms. The van der Waals surface area contributed by atoms with E-state index in [-0.39, 0.29) is 32.9 Å². The molecule has 210 valence electrons. The molecule has 4 aromatic carbocycles. The summed E-state index contributed by atoms with van der Waals surface area (Å²) in [7, 11) is -4.14. The van der Waals surface area contributed by atoms with E-state index in [1.807, 2.05) is 0 Å². The highest BCUT2D eigenvalue weighted by molar-refractivity contribution is 7.92. The minimum Gasteiger partial charge on any atom is -0.489 e. The number of rotatable bonds is 11. The average molecular weight is 613 g/mol. The van der Waals surface area contributed by atoms with E-state index in [2.05, 4.69) is 10.5 Å². The Morgan fingerprint density at radius 1 is 0.951 bits per heavy atom. The van der Waals surface area contributed by atoms with Gasteiger partial charge in [0.2, 0.25) is 0 Å². The zero-order valence-corrected chi connectivity index (χ0v) is 23.5. The predicted molar refractivity (Wildman–Crippen MR) is 157 cm³/mol. The molecule has 4 rings (SSSR count). The Hall–Kier alpha value is -4.45. The molecular weight excluding hydrogens is 591 g/mol. The van der Waals surface area contributed by atoms with Crippen LogP contribution in [0.3, 0.4) is 0 Å². The number of benzene rings is 4. The number of sulfonamides is 1. The van der Waals surface area contributed by atoms with Crippen molar-refractivity contribution in [3.63, 3.8) is 0 Å². The van der Waals surface area contributed by atoms with Crippen LogP contribution in [0.2, 0.25) is 10.0 Å². The van der Waals surface area contributed by atoms with E-state index in [0.717, 1.165) is 9.87 Å². The number of halogens is 2. The third kappa shape index (κ3) is 8.04. The number of hydrogen-bond donors (Lipinski definition) is 1. The van der Waals surface area contributed by atoms with E-state index >= 15 is 0 Å². The fraction of sp³-hybridized carbons (Fsp3) is 0.0714. The van der Waals surface area contributed by atoms with Gasteiger partial charge >= 0.3 is 0 Å². The van der Waals surface area contributed by atoms with Gasteiger partial charge in [0.15, 0.2) is 0 Å². The summed E-state index contributed by atoms with van der Waals surface area (Å²) in [6.45, 7) is -0.359. The number of nitrogens with one attached hydrogen (secondary N) is 1. The number of nitrogens with zero attached hydrogens (tertiary/aromatic N) is 3. The minimum atomic E-state index is -4.14. The highest BCUT2D eigenvalue weighted by atomic mass is 35.5. The SMILES string of the molecule is O=C(CN(c1cc(Cl)cc(Cl)c1)S(=O)(=O)c1ccccc1)N/N=C\c1ccc(OCc2ccc([N+](=O)[O-])cc2)cc1. The summed E-state index contributed by atoms with van der Waals surface area (Å²) >= 11 is 12.2. The molecular formula is C28H22Cl2N4O6S. The molecule has 41 heavy (non-hydrogen) atoms. The normalized spacial score (nSPS) is 11.3. The molecule has 0 unspecified atom stereocenters. The van der Waals surface area contributed by atoms with Gasteiger partial charge in [0.05, 0.1) is 21.7 Å². The summed E-state index contributed by atoms with van der Waals surface area (Å²) in [4.78, 5) is 23.0. The van der Waals surface area contributed by atoms with Crippen LogP contribution in [-0.2, 0) is 21.4 Å². The number of nitro groups is 1. The number of carbonyl (C=O) groups is 1. The lowest BCUT2D eigenvalue weighted by Crippen LogP contribution is -2.39. The van der Waals surface area contributed by atoms with Gasteiger partial charge < -0.3 is 4.74 Å². The summed E-state index contributed by atoms with van der Waals surface area (Å²) < 4.78 is 33.4. The van der Waals surface area contributed by atoms with Crippen LogP contribution in [0.15, 0.2) is 107 Å². The summed E-state index contributed by atoms with van der Waals surface area (Å²) in [5.41, 5.74) is 3.87. The summed E-state index contributed by atoms with van der Waals surface area (Å²) in [6, 6.07) is 24.8. The van der Waals surface area contributed by atoms with Crippen LogP contribution in [0.5, 0.6) is 5.75 Å². The number of hydrazone groups is 1. The molecule has 0 bridgehead atoms. The van der Waals surface area contributed by atoms with Crippen molar-refractivity contribution in [2.45, 2.75) is 11.5 Å². The van der Waals surface area contributed by atoms with Crippen LogP contribution in [0, 0.1) is 10.1 Å². The molecule has 4 aromatic rings. The van der Waals surface area contributed by atoms with Gasteiger partial charge in [-0.15, -0.1) is 0 Å². The topological polar surface area (TPSA) is 131 Å². The lowest BCUT2D eigenvalue weighted by atomic mass is 10.2. The van der Waals surface area contributed by atoms with E-state index in [1.165, 1.54) is 48.7 Å². The molecule has 0 saturated heterocycles. The van der Waals surface area contributed by atoms with Gasteiger partial charge in [-0.05, 0) is 77.9 Å². The first-order valence-electron chi connectivity index (χ1n) is 11.9. The number of non-ortho nitro benzene ring substituents is 1. The standard InChI is InChI=1S/C28H22Cl2N4O6S/c29-22-14-23(30)16-25(15-22)33(41(38,39)27-4-2-1-3-5-27)18-28(35)32-31-17-20-8-12-26(13-9-20)40-19-21-6-10-24(11-7-21)34(36)37/h1-17H,18-19H2,(H,32,35)/b31-17-. The maximum Gasteiger partial charge on any atom is 0.269 e. The van der Waals surface area contributed by atoms with Crippen LogP contribution in [0.1, 0.15) is 11.1 Å². The third-order valence-electron chi connectivity index (χ3n) is 5.59. The van der Waals surface area contributed by atoms with Gasteiger partial charge in [-0.25, -0.2) is 13.8 Å². The average Bonchev–Trinajstić information content (AvgIpc) is 2.95. The second-order valence-corrected chi connectivity index (χ2v) is 11.3. The number of ether oxygens (including phenoxy) is 1. The van der Waals surface area contributed by atoms with E-state index < -0.39 is 27.4 Å². The van der Waals surface area contributed by atoms with Crippen molar-refractivity contribution in [3.05, 3.63) is 128 Å². The number of amides is 1. The molecule has 0 aromatic heterocycles. The molecule has 0 atom stereocenters. The van der Waals surface area contributed by atoms with E-state index in [9.17, 15) is 23.3 Å². The number of nitro benzene ring substituents is 1. The number of anilines is 1. The molecule has 0 aliphatic carbocycles. The first-order valence-corrected chi connectivity index (χ1v) is 14.1. The van der Waals surface area contributed by atoms with Crippen molar-refractivity contribution >= 4 is 56.7 Å². The Morgan fingerprint density at radius 3 is 2.20 bits per heavy atom. The molecule has 10 nitrogen and oxygen atoms in total. The Kier molecular flexibility index (Phi) is 9.56. The van der Waals surface area contributed by atoms with E-state index in [0.29, 0.717) is 11.3 Å². The Bertz CT molecular complexity index is 1650. The molecule has 0 radical (unpaired) electrons. The molecule has 0 heterocycles. The summed E-state index contributed by atoms with van der Waals surface area (Å²) in [6.07, 6.45) is 1.39. The van der Waals surface area contributed by atoms with Crippen LogP contribution in [0.25, 0.3) is 0 Å². The molecule has 0 saturated carbocycles. The number of carbonyl (C=O) groups excluding carboxylic acids is 1. The van der Waals surface area contributed by atoms with Crippen LogP contribution in [0.4, 0.5) is 11.4 Å². The Morgan fingerprint density at radius 2 is 1.59 bits per heavy atom. The Balaban J connectivity index is 1.39. The third-order valence-corrected chi connectivity index (χ3v) is 7.81. The zero-order chi connectivity index (χ0) is 29.4. The fourth-order valence-corrected chi connectivity index (χ4v) is 5.53. The maximum absolute atomic E-state index is 13.4. The second-order valence-electron chi connectivity index (χ2n) is 8.53. The van der Waals surface area contributed by atoms with Gasteiger partial charge in [0.1, 0.15) is 18.9 Å². The highest BCUT2D eigenvalue weighted by Crippen LogP contribution is 2.29. The fourth-order valence-electron chi connectivity index (χ4n) is 3.59. The van der Waals surface area contributed by atoms with Gasteiger partial charge in [-0.2, -0.15) is 5.10 Å². The van der Waals surface area contributed by atoms with Gasteiger partial charge in [0, 0.05) is 22.2 Å². The highest BCUT2D eigenvalue weighted by Gasteiger charge is 2.27. The lowest BCUT2D eigenvalue weighted by Gasteiger charge is -2.24. The number of hydrogen-bond acceptors (Lipinski definition) is 7. The smallest absolute Gasteiger partial charge is 0.269 e. The quantitative estimate of drug-likeness (QED) is 0.129. The largest absolute Gasteiger partial charge is 0.489 e. The van der Waals surface area contributed by atoms with Gasteiger partial charge in [-0.1, -0.05) is 41.4 Å². The van der Waals surface area contributed by atoms with Crippen molar-refractivity contribution in [1.82, 2.24) is 5.43 Å². The molecule has 0 aliphatic heterocycles. The molecule has 0 spiro atoms. The van der Waals surface area contributed by atoms with Crippen LogP contribution < -0.4 is 14.5 Å². The summed E-state index contributed by atoms with van der Waals surface area (Å²) in [5.74, 6) is -0.133. The maximum atomic E-state index is 13.4. The van der Waals surface area contributed by atoms with Crippen molar-refractivity contribution in [2.24, 2.45) is 5.10 Å². The van der Waals surface area contributed by atoms with Crippen molar-refractivity contribution in [1.29, 1.82) is 0 Å². The van der Waals surface area contributed by atoms with Crippen LogP contribution >= 0.6 is 23.2 Å². The Labute approximate surface area is 246 Å². The van der Waals surface area contributed by atoms with E-state index in [4.69, 9.17) is 27.9 Å². The molecule has 1 N–H and O–H groups in total. The van der Waals surface area contributed by atoms with Crippen LogP contribution in [-0.4, -0.2) is 32.0 Å². The van der Waals surface area contributed by atoms with Crippen molar-refractivity contribution in [2.75, 3.05) is 10.8 Å². The first-order chi connectivity index (χ1) is 19.6. The first kappa shape index (κ1) is 29.5. The second kappa shape index (κ2) is 13.3. The monoisotopic (exact) mass is 612 g/mol. The van der Waals surface area contributed by atoms with E-state index in [1.54, 1.807) is 54.6 Å². The van der Waals surface area contributed by atoms with Gasteiger partial charge in [0.25, 0.3) is 21.6 Å².